The minimum absolute atomic E-state index is 0.134. The Hall–Kier alpha value is -1.59. The largest absolute Gasteiger partial charge is 0.479 e. The highest BCUT2D eigenvalue weighted by atomic mass is 35.5. The molecule has 20 heavy (non-hydrogen) atoms. The van der Waals surface area contributed by atoms with Crippen molar-refractivity contribution in [1.82, 2.24) is 4.90 Å². The molecule has 1 aliphatic heterocycles. The molecule has 1 unspecified atom stereocenters. The van der Waals surface area contributed by atoms with Gasteiger partial charge in [0, 0.05) is 13.1 Å². The summed E-state index contributed by atoms with van der Waals surface area (Å²) in [7, 11) is 0. The number of hydrogen-bond donors (Lipinski definition) is 0. The van der Waals surface area contributed by atoms with Crippen molar-refractivity contribution >= 4 is 23.8 Å². The predicted octanol–water partition coefficient (Wildman–Crippen LogP) is 1.78. The Morgan fingerprint density at radius 3 is 2.80 bits per heavy atom. The molecular formula is C14H16ClNO4. The van der Waals surface area contributed by atoms with Crippen molar-refractivity contribution in [3.05, 3.63) is 28.8 Å². The Labute approximate surface area is 122 Å². The number of ether oxygens (including phenoxy) is 2. The summed E-state index contributed by atoms with van der Waals surface area (Å²) in [5.41, 5.74) is 0.333. The molecule has 5 nitrogen and oxygen atoms in total. The van der Waals surface area contributed by atoms with Crippen LogP contribution >= 0.6 is 11.6 Å². The number of carbonyl (C=O) groups excluding carboxylic acids is 2. The second kappa shape index (κ2) is 6.72. The van der Waals surface area contributed by atoms with Crippen molar-refractivity contribution in [1.29, 1.82) is 0 Å². The lowest BCUT2D eigenvalue weighted by atomic mass is 10.2. The Bertz CT molecular complexity index is 500. The van der Waals surface area contributed by atoms with Crippen LogP contribution in [0.1, 0.15) is 17.3 Å². The van der Waals surface area contributed by atoms with Crippen LogP contribution in [0.4, 0.5) is 0 Å². The van der Waals surface area contributed by atoms with Gasteiger partial charge in [0.1, 0.15) is 5.75 Å². The van der Waals surface area contributed by atoms with E-state index in [0.29, 0.717) is 43.2 Å². The summed E-state index contributed by atoms with van der Waals surface area (Å²) in [6.45, 7) is 3.81. The maximum absolute atomic E-state index is 12.2. The van der Waals surface area contributed by atoms with Crippen LogP contribution < -0.4 is 4.74 Å². The molecule has 1 aliphatic rings. The molecule has 1 aromatic rings. The zero-order valence-electron chi connectivity index (χ0n) is 11.2. The van der Waals surface area contributed by atoms with Gasteiger partial charge in [0.15, 0.2) is 12.4 Å². The van der Waals surface area contributed by atoms with Gasteiger partial charge in [-0.3, -0.25) is 9.59 Å². The molecule has 0 radical (unpaired) electrons. The normalized spacial score (nSPS) is 16.6. The van der Waals surface area contributed by atoms with Crippen molar-refractivity contribution < 1.29 is 19.1 Å². The fraction of sp³-hybridized carbons (Fsp3) is 0.429. The quantitative estimate of drug-likeness (QED) is 0.795. The van der Waals surface area contributed by atoms with Crippen LogP contribution in [0.3, 0.4) is 0 Å². The molecule has 1 heterocycles. The van der Waals surface area contributed by atoms with Crippen LogP contribution in [-0.4, -0.2) is 49.5 Å². The summed E-state index contributed by atoms with van der Waals surface area (Å²) >= 11 is 6.01. The lowest BCUT2D eigenvalue weighted by molar-refractivity contribution is -0.142. The molecule has 1 amide bonds. The third-order valence-corrected chi connectivity index (χ3v) is 3.39. The summed E-state index contributed by atoms with van der Waals surface area (Å²) < 4.78 is 10.8. The fourth-order valence-electron chi connectivity index (χ4n) is 2.01. The minimum Gasteiger partial charge on any atom is -0.479 e. The maximum atomic E-state index is 12.2. The Morgan fingerprint density at radius 2 is 2.15 bits per heavy atom. The molecule has 1 aromatic carbocycles. The van der Waals surface area contributed by atoms with Gasteiger partial charge >= 0.3 is 0 Å². The highest BCUT2D eigenvalue weighted by Crippen LogP contribution is 2.28. The predicted molar refractivity (Wildman–Crippen MR) is 74.3 cm³/mol. The third kappa shape index (κ3) is 3.29. The Kier molecular flexibility index (Phi) is 4.98. The molecule has 1 atom stereocenters. The molecule has 1 saturated heterocycles. The Morgan fingerprint density at radius 1 is 1.45 bits per heavy atom. The highest BCUT2D eigenvalue weighted by Gasteiger charge is 2.25. The van der Waals surface area contributed by atoms with Gasteiger partial charge in [-0.1, -0.05) is 17.7 Å². The summed E-state index contributed by atoms with van der Waals surface area (Å²) in [4.78, 5) is 24.9. The van der Waals surface area contributed by atoms with E-state index < -0.39 is 6.10 Å². The van der Waals surface area contributed by atoms with E-state index in [0.717, 1.165) is 0 Å². The summed E-state index contributed by atoms with van der Waals surface area (Å²) in [6.07, 6.45) is -0.0423. The van der Waals surface area contributed by atoms with Gasteiger partial charge in [0.2, 0.25) is 0 Å². The van der Waals surface area contributed by atoms with Gasteiger partial charge < -0.3 is 14.4 Å². The van der Waals surface area contributed by atoms with Gasteiger partial charge in [0.25, 0.3) is 5.91 Å². The van der Waals surface area contributed by atoms with E-state index >= 15 is 0 Å². The zero-order valence-corrected chi connectivity index (χ0v) is 11.9. The van der Waals surface area contributed by atoms with E-state index in [9.17, 15) is 9.59 Å². The van der Waals surface area contributed by atoms with Crippen molar-refractivity contribution in [3.8, 4) is 5.75 Å². The number of nitrogens with zero attached hydrogens (tertiary/aromatic N) is 1. The second-order valence-corrected chi connectivity index (χ2v) is 4.88. The molecule has 2 rings (SSSR count). The number of para-hydroxylation sites is 1. The molecule has 0 aromatic heterocycles. The van der Waals surface area contributed by atoms with Crippen LogP contribution in [0.5, 0.6) is 5.75 Å². The molecule has 0 spiro atoms. The first-order chi connectivity index (χ1) is 9.63. The van der Waals surface area contributed by atoms with Crippen molar-refractivity contribution in [2.24, 2.45) is 0 Å². The zero-order chi connectivity index (χ0) is 14.5. The highest BCUT2D eigenvalue weighted by molar-refractivity contribution is 6.32. The van der Waals surface area contributed by atoms with E-state index in [4.69, 9.17) is 21.1 Å². The van der Waals surface area contributed by atoms with Crippen LogP contribution in [-0.2, 0) is 9.53 Å². The first kappa shape index (κ1) is 14.8. The second-order valence-electron chi connectivity index (χ2n) is 4.47. The minimum atomic E-state index is -0.702. The first-order valence-corrected chi connectivity index (χ1v) is 6.78. The van der Waals surface area contributed by atoms with Gasteiger partial charge in [-0.15, -0.1) is 0 Å². The number of aldehydes is 1. The van der Waals surface area contributed by atoms with Crippen LogP contribution in [0.2, 0.25) is 5.02 Å². The van der Waals surface area contributed by atoms with E-state index in [2.05, 4.69) is 0 Å². The molecule has 0 N–H and O–H groups in total. The molecule has 108 valence electrons. The summed E-state index contributed by atoms with van der Waals surface area (Å²) in [6, 6.07) is 4.88. The lowest BCUT2D eigenvalue weighted by Gasteiger charge is -2.29. The van der Waals surface area contributed by atoms with Crippen LogP contribution in [0, 0.1) is 0 Å². The van der Waals surface area contributed by atoms with Crippen LogP contribution in [0.15, 0.2) is 18.2 Å². The van der Waals surface area contributed by atoms with E-state index in [1.54, 1.807) is 30.0 Å². The van der Waals surface area contributed by atoms with Crippen molar-refractivity contribution in [3.63, 3.8) is 0 Å². The van der Waals surface area contributed by atoms with Crippen molar-refractivity contribution in [2.75, 3.05) is 26.3 Å². The summed E-state index contributed by atoms with van der Waals surface area (Å²) in [5.74, 6) is 0.114. The number of carbonyl (C=O) groups is 2. The molecule has 0 aliphatic carbocycles. The summed E-state index contributed by atoms with van der Waals surface area (Å²) in [5, 5.41) is 0.316. The van der Waals surface area contributed by atoms with Crippen LogP contribution in [0.25, 0.3) is 0 Å². The first-order valence-electron chi connectivity index (χ1n) is 6.40. The molecular weight excluding hydrogens is 282 g/mol. The van der Waals surface area contributed by atoms with E-state index in [1.165, 1.54) is 0 Å². The van der Waals surface area contributed by atoms with Gasteiger partial charge in [-0.25, -0.2) is 0 Å². The number of morpholine rings is 1. The Balaban J connectivity index is 2.09. The van der Waals surface area contributed by atoms with Gasteiger partial charge in [-0.05, 0) is 19.1 Å². The van der Waals surface area contributed by atoms with Gasteiger partial charge in [0.05, 0.1) is 23.8 Å². The number of hydrogen-bond acceptors (Lipinski definition) is 4. The van der Waals surface area contributed by atoms with Gasteiger partial charge in [-0.2, -0.15) is 0 Å². The smallest absolute Gasteiger partial charge is 0.263 e. The molecule has 0 bridgehead atoms. The van der Waals surface area contributed by atoms with E-state index in [1.807, 2.05) is 0 Å². The lowest BCUT2D eigenvalue weighted by Crippen LogP contribution is -2.46. The SMILES string of the molecule is CC(Oc1c(Cl)cccc1C=O)C(=O)N1CCOCC1. The number of halogens is 1. The monoisotopic (exact) mass is 297 g/mol. The standard InChI is InChI=1S/C14H16ClNO4/c1-10(14(18)16-5-7-19-8-6-16)20-13-11(9-17)3-2-4-12(13)15/h2-4,9-10H,5-8H2,1H3. The number of benzene rings is 1. The molecule has 0 saturated carbocycles. The van der Waals surface area contributed by atoms with E-state index in [-0.39, 0.29) is 11.7 Å². The average molecular weight is 298 g/mol. The number of amides is 1. The van der Waals surface area contributed by atoms with Crippen molar-refractivity contribution in [2.45, 2.75) is 13.0 Å². The molecule has 6 heteroatoms. The number of rotatable bonds is 4. The fourth-order valence-corrected chi connectivity index (χ4v) is 2.24. The third-order valence-electron chi connectivity index (χ3n) is 3.09. The topological polar surface area (TPSA) is 55.8 Å². The molecule has 1 fully saturated rings. The maximum Gasteiger partial charge on any atom is 0.263 e. The average Bonchev–Trinajstić information content (AvgIpc) is 2.49.